The summed E-state index contributed by atoms with van der Waals surface area (Å²) in [7, 11) is 3.48. The fraction of sp³-hybridized carbons (Fsp3) is 1.00. The standard InChI is InChI=1S/C11H24N2O2/c1-14-8-7-13(10-3-4-10)6-5-11(9-12)15-2/h10-11H,3-9,12H2,1-2H3. The normalized spacial score (nSPS) is 18.4. The third-order valence-corrected chi connectivity index (χ3v) is 2.98. The number of nitrogens with zero attached hydrogens (tertiary/aromatic N) is 1. The molecule has 0 saturated heterocycles. The molecule has 0 spiro atoms. The van der Waals surface area contributed by atoms with Gasteiger partial charge < -0.3 is 15.2 Å². The molecule has 1 aliphatic rings. The van der Waals surface area contributed by atoms with Crippen LogP contribution in [0.2, 0.25) is 0 Å². The van der Waals surface area contributed by atoms with Crippen molar-refractivity contribution in [1.29, 1.82) is 0 Å². The van der Waals surface area contributed by atoms with Crippen LogP contribution in [-0.4, -0.2) is 57.5 Å². The molecule has 15 heavy (non-hydrogen) atoms. The molecule has 1 atom stereocenters. The highest BCUT2D eigenvalue weighted by Crippen LogP contribution is 2.26. The monoisotopic (exact) mass is 216 g/mol. The van der Waals surface area contributed by atoms with E-state index in [0.29, 0.717) is 6.54 Å². The van der Waals surface area contributed by atoms with E-state index in [4.69, 9.17) is 15.2 Å². The predicted octanol–water partition coefficient (Wildman–Crippen LogP) is 0.461. The van der Waals surface area contributed by atoms with Gasteiger partial charge in [-0.2, -0.15) is 0 Å². The lowest BCUT2D eigenvalue weighted by molar-refractivity contribution is 0.0807. The zero-order valence-corrected chi connectivity index (χ0v) is 9.95. The van der Waals surface area contributed by atoms with Crippen molar-refractivity contribution in [2.75, 3.05) is 40.5 Å². The van der Waals surface area contributed by atoms with Crippen LogP contribution in [0.1, 0.15) is 19.3 Å². The van der Waals surface area contributed by atoms with Crippen LogP contribution >= 0.6 is 0 Å². The van der Waals surface area contributed by atoms with Crippen molar-refractivity contribution in [2.45, 2.75) is 31.4 Å². The molecule has 0 aromatic carbocycles. The van der Waals surface area contributed by atoms with Crippen molar-refractivity contribution in [3.8, 4) is 0 Å². The second-order valence-electron chi connectivity index (χ2n) is 4.14. The molecule has 1 fully saturated rings. The molecule has 0 amide bonds. The smallest absolute Gasteiger partial charge is 0.0705 e. The Morgan fingerprint density at radius 3 is 2.53 bits per heavy atom. The van der Waals surface area contributed by atoms with Crippen LogP contribution in [0.4, 0.5) is 0 Å². The first-order chi connectivity index (χ1) is 7.31. The van der Waals surface area contributed by atoms with Gasteiger partial charge in [0.1, 0.15) is 0 Å². The van der Waals surface area contributed by atoms with Gasteiger partial charge >= 0.3 is 0 Å². The molecule has 0 aromatic rings. The lowest BCUT2D eigenvalue weighted by Gasteiger charge is -2.23. The van der Waals surface area contributed by atoms with E-state index >= 15 is 0 Å². The largest absolute Gasteiger partial charge is 0.383 e. The van der Waals surface area contributed by atoms with Crippen LogP contribution < -0.4 is 5.73 Å². The van der Waals surface area contributed by atoms with Crippen LogP contribution in [0.5, 0.6) is 0 Å². The minimum atomic E-state index is 0.203. The summed E-state index contributed by atoms with van der Waals surface area (Å²) < 4.78 is 10.4. The first-order valence-corrected chi connectivity index (χ1v) is 5.77. The summed E-state index contributed by atoms with van der Waals surface area (Å²) in [6, 6.07) is 0.787. The van der Waals surface area contributed by atoms with Crippen molar-refractivity contribution < 1.29 is 9.47 Å². The Morgan fingerprint density at radius 2 is 2.07 bits per heavy atom. The van der Waals surface area contributed by atoms with Crippen LogP contribution in [0, 0.1) is 0 Å². The van der Waals surface area contributed by atoms with Gasteiger partial charge in [0.25, 0.3) is 0 Å². The second kappa shape index (κ2) is 7.17. The quantitative estimate of drug-likeness (QED) is 0.608. The summed E-state index contributed by atoms with van der Waals surface area (Å²) >= 11 is 0. The van der Waals surface area contributed by atoms with Crippen molar-refractivity contribution in [3.05, 3.63) is 0 Å². The fourth-order valence-corrected chi connectivity index (χ4v) is 1.77. The summed E-state index contributed by atoms with van der Waals surface area (Å²) in [5.74, 6) is 0. The molecule has 1 unspecified atom stereocenters. The van der Waals surface area contributed by atoms with Crippen molar-refractivity contribution >= 4 is 0 Å². The first-order valence-electron chi connectivity index (χ1n) is 5.77. The second-order valence-corrected chi connectivity index (χ2v) is 4.14. The molecule has 4 heteroatoms. The van der Waals surface area contributed by atoms with E-state index in [9.17, 15) is 0 Å². The Labute approximate surface area is 92.7 Å². The Hall–Kier alpha value is -0.160. The number of methoxy groups -OCH3 is 2. The molecular formula is C11H24N2O2. The molecule has 0 radical (unpaired) electrons. The Kier molecular flexibility index (Phi) is 6.17. The maximum absolute atomic E-state index is 5.59. The van der Waals surface area contributed by atoms with Gasteiger partial charge in [0.15, 0.2) is 0 Å². The Morgan fingerprint density at radius 1 is 1.33 bits per heavy atom. The Bertz CT molecular complexity index is 159. The average Bonchev–Trinajstić information content (AvgIpc) is 3.07. The van der Waals surface area contributed by atoms with E-state index in [2.05, 4.69) is 4.90 Å². The number of rotatable bonds is 9. The summed E-state index contributed by atoms with van der Waals surface area (Å²) in [4.78, 5) is 2.49. The molecule has 0 heterocycles. The van der Waals surface area contributed by atoms with Gasteiger partial charge in [0.05, 0.1) is 12.7 Å². The van der Waals surface area contributed by atoms with Crippen molar-refractivity contribution in [2.24, 2.45) is 5.73 Å². The van der Waals surface area contributed by atoms with Gasteiger partial charge in [0, 0.05) is 39.9 Å². The minimum absolute atomic E-state index is 0.203. The third-order valence-electron chi connectivity index (χ3n) is 2.98. The molecule has 2 N–H and O–H groups in total. The minimum Gasteiger partial charge on any atom is -0.383 e. The van der Waals surface area contributed by atoms with Gasteiger partial charge in [-0.3, -0.25) is 4.90 Å². The molecule has 90 valence electrons. The van der Waals surface area contributed by atoms with E-state index in [1.54, 1.807) is 14.2 Å². The zero-order valence-electron chi connectivity index (χ0n) is 9.95. The number of nitrogens with two attached hydrogens (primary N) is 1. The highest BCUT2D eigenvalue weighted by atomic mass is 16.5. The van der Waals surface area contributed by atoms with Crippen LogP contribution in [0.15, 0.2) is 0 Å². The van der Waals surface area contributed by atoms with Crippen LogP contribution in [0.25, 0.3) is 0 Å². The number of hydrogen-bond donors (Lipinski definition) is 1. The van der Waals surface area contributed by atoms with Gasteiger partial charge in [-0.05, 0) is 19.3 Å². The summed E-state index contributed by atoms with van der Waals surface area (Å²) in [5, 5.41) is 0. The Balaban J connectivity index is 2.18. The van der Waals surface area contributed by atoms with E-state index in [1.807, 2.05) is 0 Å². The maximum atomic E-state index is 5.59. The SMILES string of the molecule is COCCN(CCC(CN)OC)C1CC1. The fourth-order valence-electron chi connectivity index (χ4n) is 1.77. The molecule has 0 bridgehead atoms. The topological polar surface area (TPSA) is 47.7 Å². The van der Waals surface area contributed by atoms with E-state index < -0.39 is 0 Å². The van der Waals surface area contributed by atoms with Gasteiger partial charge in [-0.25, -0.2) is 0 Å². The van der Waals surface area contributed by atoms with Gasteiger partial charge in [0.2, 0.25) is 0 Å². The molecule has 1 aliphatic carbocycles. The van der Waals surface area contributed by atoms with Crippen LogP contribution in [0.3, 0.4) is 0 Å². The number of hydrogen-bond acceptors (Lipinski definition) is 4. The first kappa shape index (κ1) is 12.9. The molecule has 0 aliphatic heterocycles. The highest BCUT2D eigenvalue weighted by Gasteiger charge is 2.28. The summed E-state index contributed by atoms with van der Waals surface area (Å²) in [6.07, 6.45) is 3.90. The average molecular weight is 216 g/mol. The lowest BCUT2D eigenvalue weighted by atomic mass is 10.2. The molecule has 1 saturated carbocycles. The summed E-state index contributed by atoms with van der Waals surface area (Å²) in [5.41, 5.74) is 5.59. The summed E-state index contributed by atoms with van der Waals surface area (Å²) in [6.45, 7) is 3.53. The number of ether oxygens (including phenoxy) is 2. The highest BCUT2D eigenvalue weighted by molar-refractivity contribution is 4.84. The molecule has 0 aromatic heterocycles. The van der Waals surface area contributed by atoms with Crippen LogP contribution in [-0.2, 0) is 9.47 Å². The van der Waals surface area contributed by atoms with Crippen molar-refractivity contribution in [3.63, 3.8) is 0 Å². The van der Waals surface area contributed by atoms with E-state index in [-0.39, 0.29) is 6.10 Å². The van der Waals surface area contributed by atoms with Crippen molar-refractivity contribution in [1.82, 2.24) is 4.90 Å². The third kappa shape index (κ3) is 4.93. The lowest BCUT2D eigenvalue weighted by Crippen LogP contribution is -2.34. The zero-order chi connectivity index (χ0) is 11.1. The molecule has 4 nitrogen and oxygen atoms in total. The molecular weight excluding hydrogens is 192 g/mol. The maximum Gasteiger partial charge on any atom is 0.0705 e. The predicted molar refractivity (Wildman–Crippen MR) is 60.9 cm³/mol. The molecule has 1 rings (SSSR count). The van der Waals surface area contributed by atoms with Gasteiger partial charge in [-0.15, -0.1) is 0 Å². The van der Waals surface area contributed by atoms with E-state index in [1.165, 1.54) is 12.8 Å². The van der Waals surface area contributed by atoms with Gasteiger partial charge in [-0.1, -0.05) is 0 Å². The van der Waals surface area contributed by atoms with E-state index in [0.717, 1.165) is 32.2 Å².